The lowest BCUT2D eigenvalue weighted by molar-refractivity contribution is -0.300. The minimum atomic E-state index is -4.05. The highest BCUT2D eigenvalue weighted by Crippen LogP contribution is 2.50. The summed E-state index contributed by atoms with van der Waals surface area (Å²) in [6, 6.07) is 3.71. The molecule has 0 aliphatic carbocycles. The van der Waals surface area contributed by atoms with Crippen molar-refractivity contribution in [2.45, 2.75) is 63.8 Å². The van der Waals surface area contributed by atoms with Crippen LogP contribution in [0, 0.1) is 22.7 Å². The van der Waals surface area contributed by atoms with Crippen LogP contribution in [0.3, 0.4) is 0 Å². The maximum absolute atomic E-state index is 12.8. The quantitative estimate of drug-likeness (QED) is 0.283. The molecular weight excluding hydrogens is 407 g/mol. The van der Waals surface area contributed by atoms with E-state index in [2.05, 4.69) is 0 Å². The number of fused-ring (bicyclic) bond motifs is 1. The zero-order chi connectivity index (χ0) is 21.5. The van der Waals surface area contributed by atoms with Gasteiger partial charge in [-0.3, -0.25) is 18.4 Å². The second-order valence-electron chi connectivity index (χ2n) is 6.81. The van der Waals surface area contributed by atoms with Gasteiger partial charge in [0.25, 0.3) is 0 Å². The van der Waals surface area contributed by atoms with E-state index in [9.17, 15) is 9.36 Å². The van der Waals surface area contributed by atoms with E-state index in [-0.39, 0.29) is 39.3 Å². The monoisotopic (exact) mass is 432 g/mol. The fourth-order valence-electron chi connectivity index (χ4n) is 2.88. The summed E-state index contributed by atoms with van der Waals surface area (Å²) in [5.74, 6) is -1.41. The zero-order valence-corrected chi connectivity index (χ0v) is 17.5. The zero-order valence-electron chi connectivity index (χ0n) is 16.6. The van der Waals surface area contributed by atoms with Crippen molar-refractivity contribution in [3.05, 3.63) is 0 Å². The maximum atomic E-state index is 12.8. The van der Waals surface area contributed by atoms with Gasteiger partial charge in [-0.2, -0.15) is 10.5 Å². The number of rotatable bonds is 10. The molecule has 2 fully saturated rings. The van der Waals surface area contributed by atoms with Crippen LogP contribution in [-0.2, 0) is 41.9 Å². The Morgan fingerprint density at radius 2 is 1.79 bits per heavy atom. The Balaban J connectivity index is 2.05. The topological polar surface area (TPSA) is 146 Å². The van der Waals surface area contributed by atoms with Gasteiger partial charge in [0.05, 0.1) is 51.4 Å². The summed E-state index contributed by atoms with van der Waals surface area (Å²) < 4.78 is 50.9. The SMILES string of the molecule is CC(=O)O[C@H]1[C@H]2OC(C)(C)OC[C@@H]2O[C@@H]1COP(=O)(OCCC#N)OCCC#N. The number of phosphoric ester groups is 1. The van der Waals surface area contributed by atoms with Crippen molar-refractivity contribution >= 4 is 13.8 Å². The second-order valence-corrected chi connectivity index (χ2v) is 8.48. The third kappa shape index (κ3) is 7.02. The van der Waals surface area contributed by atoms with Crippen LogP contribution >= 0.6 is 7.82 Å². The first-order valence-corrected chi connectivity index (χ1v) is 10.6. The average molecular weight is 432 g/mol. The molecule has 0 unspecified atom stereocenters. The van der Waals surface area contributed by atoms with Crippen molar-refractivity contribution in [2.24, 2.45) is 0 Å². The van der Waals surface area contributed by atoms with E-state index in [1.54, 1.807) is 13.8 Å². The van der Waals surface area contributed by atoms with Gasteiger partial charge in [-0.15, -0.1) is 0 Å². The van der Waals surface area contributed by atoms with E-state index >= 15 is 0 Å². The van der Waals surface area contributed by atoms with Crippen molar-refractivity contribution in [3.8, 4) is 12.1 Å². The molecule has 0 saturated carbocycles. The predicted molar refractivity (Wildman–Crippen MR) is 95.0 cm³/mol. The molecule has 0 radical (unpaired) electrons. The van der Waals surface area contributed by atoms with Crippen molar-refractivity contribution in [1.29, 1.82) is 10.5 Å². The summed E-state index contributed by atoms with van der Waals surface area (Å²) in [7, 11) is -4.05. The molecule has 29 heavy (non-hydrogen) atoms. The number of nitriles is 2. The van der Waals surface area contributed by atoms with Crippen molar-refractivity contribution < 1.29 is 41.9 Å². The van der Waals surface area contributed by atoms with Crippen LogP contribution in [0.25, 0.3) is 0 Å². The lowest BCUT2D eigenvalue weighted by atomic mass is 10.1. The van der Waals surface area contributed by atoms with Crippen LogP contribution < -0.4 is 0 Å². The molecule has 0 aromatic rings. The first-order chi connectivity index (χ1) is 13.7. The predicted octanol–water partition coefficient (Wildman–Crippen LogP) is 1.82. The van der Waals surface area contributed by atoms with Crippen LogP contribution in [0.15, 0.2) is 0 Å². The molecule has 2 heterocycles. The highest BCUT2D eigenvalue weighted by Gasteiger charge is 2.53. The van der Waals surface area contributed by atoms with E-state index in [1.807, 2.05) is 12.1 Å². The van der Waals surface area contributed by atoms with Crippen LogP contribution in [0.5, 0.6) is 0 Å². The summed E-state index contributed by atoms with van der Waals surface area (Å²) >= 11 is 0. The molecule has 12 heteroatoms. The lowest BCUT2D eigenvalue weighted by Crippen LogP contribution is -2.51. The third-order valence-electron chi connectivity index (χ3n) is 4.05. The van der Waals surface area contributed by atoms with E-state index < -0.39 is 44.0 Å². The van der Waals surface area contributed by atoms with E-state index in [0.717, 1.165) is 0 Å². The Morgan fingerprint density at radius 1 is 1.17 bits per heavy atom. The van der Waals surface area contributed by atoms with Gasteiger partial charge < -0.3 is 18.9 Å². The van der Waals surface area contributed by atoms with E-state index in [1.165, 1.54) is 6.92 Å². The smallest absolute Gasteiger partial charge is 0.457 e. The molecule has 0 aromatic heterocycles. The molecule has 0 amide bonds. The number of carbonyl (C=O) groups is 1. The number of hydrogen-bond acceptors (Lipinski definition) is 11. The van der Waals surface area contributed by atoms with Gasteiger partial charge in [0.1, 0.15) is 18.3 Å². The second kappa shape index (κ2) is 10.5. The number of nitrogens with zero attached hydrogens (tertiary/aromatic N) is 2. The van der Waals surface area contributed by atoms with Crippen molar-refractivity contribution in [1.82, 2.24) is 0 Å². The van der Waals surface area contributed by atoms with Gasteiger partial charge in [0, 0.05) is 6.92 Å². The molecule has 11 nitrogen and oxygen atoms in total. The van der Waals surface area contributed by atoms with Crippen LogP contribution in [0.4, 0.5) is 0 Å². The van der Waals surface area contributed by atoms with Gasteiger partial charge in [0.15, 0.2) is 11.9 Å². The molecule has 2 aliphatic heterocycles. The first-order valence-electron chi connectivity index (χ1n) is 9.12. The summed E-state index contributed by atoms with van der Waals surface area (Å²) in [6.07, 6.45) is -2.75. The number of phosphoric acid groups is 1. The molecular formula is C17H25N2O9P. The molecule has 0 N–H and O–H groups in total. The van der Waals surface area contributed by atoms with Crippen molar-refractivity contribution in [3.63, 3.8) is 0 Å². The molecule has 2 aliphatic rings. The molecule has 2 saturated heterocycles. The first kappa shape index (κ1) is 23.7. The molecule has 4 atom stereocenters. The average Bonchev–Trinajstić information content (AvgIpc) is 2.96. The molecule has 162 valence electrons. The van der Waals surface area contributed by atoms with Gasteiger partial charge in [-0.25, -0.2) is 4.57 Å². The number of ether oxygens (including phenoxy) is 4. The number of carbonyl (C=O) groups excluding carboxylic acids is 1. The minimum absolute atomic E-state index is 0.0185. The van der Waals surface area contributed by atoms with Crippen molar-refractivity contribution in [2.75, 3.05) is 26.4 Å². The van der Waals surface area contributed by atoms with Crippen LogP contribution in [-0.4, -0.2) is 62.6 Å². The van der Waals surface area contributed by atoms with E-state index in [0.29, 0.717) is 0 Å². The molecule has 2 rings (SSSR count). The fraction of sp³-hybridized carbons (Fsp3) is 0.824. The van der Waals surface area contributed by atoms with Crippen LogP contribution in [0.2, 0.25) is 0 Å². The number of hydrogen-bond donors (Lipinski definition) is 0. The molecule has 0 aromatic carbocycles. The van der Waals surface area contributed by atoms with Crippen LogP contribution in [0.1, 0.15) is 33.6 Å². The van der Waals surface area contributed by atoms with Gasteiger partial charge >= 0.3 is 13.8 Å². The fourth-order valence-corrected chi connectivity index (χ4v) is 4.06. The normalized spacial score (nSPS) is 28.2. The van der Waals surface area contributed by atoms with E-state index in [4.69, 9.17) is 43.0 Å². The highest BCUT2D eigenvalue weighted by atomic mass is 31.2. The Labute approximate surface area is 169 Å². The standard InChI is InChI=1S/C17H25N2O9P/c1-12(20)26-15-14(27-13-10-22-17(2,3)28-16(13)15)11-25-29(21,23-8-4-6-18)24-9-5-7-19/h13-16H,4-5,8-11H2,1-3H3/t13-,14+,15+,16-/m0/s1. The molecule has 0 spiro atoms. The highest BCUT2D eigenvalue weighted by molar-refractivity contribution is 7.48. The van der Waals surface area contributed by atoms with Gasteiger partial charge in [-0.1, -0.05) is 0 Å². The summed E-state index contributed by atoms with van der Waals surface area (Å²) in [4.78, 5) is 11.6. The third-order valence-corrected chi connectivity index (χ3v) is 5.51. The largest absolute Gasteiger partial charge is 0.474 e. The number of esters is 1. The lowest BCUT2D eigenvalue weighted by Gasteiger charge is -2.38. The Kier molecular flexibility index (Phi) is 8.56. The van der Waals surface area contributed by atoms with Gasteiger partial charge in [-0.05, 0) is 13.8 Å². The Hall–Kier alpha value is -1.56. The summed E-state index contributed by atoms with van der Waals surface area (Å²) in [6.45, 7) is 4.32. The summed E-state index contributed by atoms with van der Waals surface area (Å²) in [5.41, 5.74) is 0. The Morgan fingerprint density at radius 3 is 2.34 bits per heavy atom. The minimum Gasteiger partial charge on any atom is -0.457 e. The Bertz CT molecular complexity index is 678. The van der Waals surface area contributed by atoms with Gasteiger partial charge in [0.2, 0.25) is 0 Å². The summed E-state index contributed by atoms with van der Waals surface area (Å²) in [5, 5.41) is 17.2. The maximum Gasteiger partial charge on any atom is 0.474 e. The molecule has 0 bridgehead atoms.